The van der Waals surface area contributed by atoms with Gasteiger partial charge in [-0.2, -0.15) is 0 Å². The van der Waals surface area contributed by atoms with Gasteiger partial charge in [0.15, 0.2) is 6.73 Å². The molecule has 21 heavy (non-hydrogen) atoms. The normalized spacial score (nSPS) is 17.3. The quantitative estimate of drug-likeness (QED) is 0.473. The summed E-state index contributed by atoms with van der Waals surface area (Å²) in [4.78, 5) is 35.5. The number of hydrogen-bond acceptors (Lipinski definition) is 6. The SMILES string of the molecule is O=C(C[C@H]1C(=O)OCN1C(=O)OCc1ccccc1)NO. The van der Waals surface area contributed by atoms with E-state index < -0.39 is 30.4 Å². The molecular weight excluding hydrogens is 280 g/mol. The van der Waals surface area contributed by atoms with E-state index in [0.29, 0.717) is 0 Å². The van der Waals surface area contributed by atoms with E-state index in [4.69, 9.17) is 14.7 Å². The van der Waals surface area contributed by atoms with Crippen LogP contribution in [0.25, 0.3) is 0 Å². The Balaban J connectivity index is 1.94. The third-order valence-corrected chi connectivity index (χ3v) is 2.94. The van der Waals surface area contributed by atoms with Gasteiger partial charge in [-0.25, -0.2) is 15.1 Å². The largest absolute Gasteiger partial charge is 0.444 e. The number of carbonyl (C=O) groups is 3. The second-order valence-corrected chi connectivity index (χ2v) is 4.36. The van der Waals surface area contributed by atoms with E-state index in [-0.39, 0.29) is 13.3 Å². The van der Waals surface area contributed by atoms with Gasteiger partial charge in [-0.1, -0.05) is 30.3 Å². The first kappa shape index (κ1) is 14.8. The second-order valence-electron chi connectivity index (χ2n) is 4.36. The van der Waals surface area contributed by atoms with Crippen molar-refractivity contribution in [3.05, 3.63) is 35.9 Å². The van der Waals surface area contributed by atoms with Gasteiger partial charge in [0, 0.05) is 0 Å². The molecule has 0 radical (unpaired) electrons. The summed E-state index contributed by atoms with van der Waals surface area (Å²) in [5.41, 5.74) is 2.20. The predicted octanol–water partition coefficient (Wildman–Crippen LogP) is 0.404. The van der Waals surface area contributed by atoms with E-state index in [9.17, 15) is 14.4 Å². The highest BCUT2D eigenvalue weighted by atomic mass is 16.6. The topological polar surface area (TPSA) is 105 Å². The Bertz CT molecular complexity index is 533. The van der Waals surface area contributed by atoms with E-state index in [1.165, 1.54) is 5.48 Å². The first-order chi connectivity index (χ1) is 10.1. The van der Waals surface area contributed by atoms with E-state index in [1.54, 1.807) is 24.3 Å². The molecule has 2 N–H and O–H groups in total. The number of hydroxylamine groups is 1. The zero-order valence-corrected chi connectivity index (χ0v) is 11.0. The summed E-state index contributed by atoms with van der Waals surface area (Å²) < 4.78 is 9.79. The molecule has 0 unspecified atom stereocenters. The highest BCUT2D eigenvalue weighted by Crippen LogP contribution is 2.16. The van der Waals surface area contributed by atoms with Crippen LogP contribution in [-0.4, -0.2) is 40.8 Å². The van der Waals surface area contributed by atoms with Crippen molar-refractivity contribution in [1.82, 2.24) is 10.4 Å². The summed E-state index contributed by atoms with van der Waals surface area (Å²) in [6.07, 6.45) is -1.16. The van der Waals surface area contributed by atoms with Crippen molar-refractivity contribution in [2.24, 2.45) is 0 Å². The first-order valence-corrected chi connectivity index (χ1v) is 6.18. The third-order valence-electron chi connectivity index (χ3n) is 2.94. The van der Waals surface area contributed by atoms with Crippen molar-refractivity contribution in [3.8, 4) is 0 Å². The lowest BCUT2D eigenvalue weighted by Gasteiger charge is -2.18. The number of nitrogens with zero attached hydrogens (tertiary/aromatic N) is 1. The van der Waals surface area contributed by atoms with Crippen molar-refractivity contribution in [2.75, 3.05) is 6.73 Å². The Hall–Kier alpha value is -2.61. The van der Waals surface area contributed by atoms with Crippen LogP contribution in [-0.2, 0) is 25.7 Å². The van der Waals surface area contributed by atoms with Gasteiger partial charge in [0.05, 0.1) is 6.42 Å². The third kappa shape index (κ3) is 3.69. The molecule has 8 nitrogen and oxygen atoms in total. The summed E-state index contributed by atoms with van der Waals surface area (Å²) in [5.74, 6) is -1.50. The van der Waals surface area contributed by atoms with Gasteiger partial charge in [0.2, 0.25) is 5.91 Å². The number of hydrogen-bond donors (Lipinski definition) is 2. The van der Waals surface area contributed by atoms with Gasteiger partial charge in [-0.05, 0) is 5.56 Å². The van der Waals surface area contributed by atoms with E-state index >= 15 is 0 Å². The number of cyclic esters (lactones) is 1. The fourth-order valence-corrected chi connectivity index (χ4v) is 1.84. The summed E-state index contributed by atoms with van der Waals surface area (Å²) in [7, 11) is 0. The maximum absolute atomic E-state index is 11.9. The van der Waals surface area contributed by atoms with Crippen molar-refractivity contribution in [3.63, 3.8) is 0 Å². The van der Waals surface area contributed by atoms with Crippen LogP contribution in [0, 0.1) is 0 Å². The monoisotopic (exact) mass is 294 g/mol. The molecule has 1 aliphatic heterocycles. The molecule has 2 amide bonds. The summed E-state index contributed by atoms with van der Waals surface area (Å²) in [5, 5.41) is 8.47. The second kappa shape index (κ2) is 6.71. The van der Waals surface area contributed by atoms with Gasteiger partial charge in [0.1, 0.15) is 12.6 Å². The molecule has 112 valence electrons. The minimum absolute atomic E-state index is 0.0449. The van der Waals surface area contributed by atoms with Crippen LogP contribution < -0.4 is 5.48 Å². The maximum atomic E-state index is 11.9. The molecule has 1 heterocycles. The Morgan fingerprint density at radius 3 is 2.76 bits per heavy atom. The first-order valence-electron chi connectivity index (χ1n) is 6.18. The Morgan fingerprint density at radius 2 is 2.10 bits per heavy atom. The Morgan fingerprint density at radius 1 is 1.38 bits per heavy atom. The number of amides is 2. The lowest BCUT2D eigenvalue weighted by atomic mass is 10.2. The van der Waals surface area contributed by atoms with Crippen LogP contribution in [0.1, 0.15) is 12.0 Å². The van der Waals surface area contributed by atoms with Crippen LogP contribution >= 0.6 is 0 Å². The standard InChI is InChI=1S/C13H14N2O6/c16-11(14-19)6-10-12(17)21-8-15(10)13(18)20-7-9-4-2-1-3-5-9/h1-5,10,19H,6-8H2,(H,14,16)/t10-/m0/s1. The van der Waals surface area contributed by atoms with Crippen LogP contribution in [0.15, 0.2) is 30.3 Å². The molecule has 1 aliphatic rings. The fourth-order valence-electron chi connectivity index (χ4n) is 1.84. The molecule has 0 aliphatic carbocycles. The summed E-state index contributed by atoms with van der Waals surface area (Å²) in [6.45, 7) is -0.237. The van der Waals surface area contributed by atoms with Crippen molar-refractivity contribution < 1.29 is 29.1 Å². The molecule has 1 atom stereocenters. The average Bonchev–Trinajstić information content (AvgIpc) is 2.87. The van der Waals surface area contributed by atoms with Crippen molar-refractivity contribution >= 4 is 18.0 Å². The van der Waals surface area contributed by atoms with Gasteiger partial charge >= 0.3 is 12.1 Å². The molecule has 0 spiro atoms. The average molecular weight is 294 g/mol. The molecule has 1 aromatic rings. The fraction of sp³-hybridized carbons (Fsp3) is 0.308. The highest BCUT2D eigenvalue weighted by Gasteiger charge is 2.40. The van der Waals surface area contributed by atoms with Gasteiger partial charge in [-0.3, -0.25) is 14.9 Å². The van der Waals surface area contributed by atoms with Gasteiger partial charge in [-0.15, -0.1) is 0 Å². The van der Waals surface area contributed by atoms with Crippen molar-refractivity contribution in [2.45, 2.75) is 19.1 Å². The minimum atomic E-state index is -1.10. The lowest BCUT2D eigenvalue weighted by molar-refractivity contribution is -0.141. The molecule has 1 aromatic carbocycles. The minimum Gasteiger partial charge on any atom is -0.444 e. The van der Waals surface area contributed by atoms with Gasteiger partial charge < -0.3 is 9.47 Å². The van der Waals surface area contributed by atoms with E-state index in [0.717, 1.165) is 10.5 Å². The number of ether oxygens (including phenoxy) is 2. The van der Waals surface area contributed by atoms with Crippen LogP contribution in [0.3, 0.4) is 0 Å². The molecule has 0 aromatic heterocycles. The number of carbonyl (C=O) groups excluding carboxylic acids is 3. The summed E-state index contributed by atoms with van der Waals surface area (Å²) >= 11 is 0. The predicted molar refractivity (Wildman–Crippen MR) is 67.8 cm³/mol. The number of nitrogens with one attached hydrogen (secondary N) is 1. The summed E-state index contributed by atoms with van der Waals surface area (Å²) in [6, 6.07) is 7.92. The lowest BCUT2D eigenvalue weighted by Crippen LogP contribution is -2.41. The maximum Gasteiger partial charge on any atom is 0.413 e. The Labute approximate surface area is 120 Å². The van der Waals surface area contributed by atoms with Crippen molar-refractivity contribution in [1.29, 1.82) is 0 Å². The number of esters is 1. The molecule has 1 saturated heterocycles. The number of rotatable bonds is 4. The molecular formula is C13H14N2O6. The zero-order valence-electron chi connectivity index (χ0n) is 11.0. The highest BCUT2D eigenvalue weighted by molar-refractivity contribution is 5.89. The van der Waals surface area contributed by atoms with E-state index in [1.807, 2.05) is 6.07 Å². The van der Waals surface area contributed by atoms with Crippen LogP contribution in [0.5, 0.6) is 0 Å². The van der Waals surface area contributed by atoms with E-state index in [2.05, 4.69) is 0 Å². The smallest absolute Gasteiger partial charge is 0.413 e. The van der Waals surface area contributed by atoms with Crippen LogP contribution in [0.2, 0.25) is 0 Å². The molecule has 2 rings (SSSR count). The molecule has 8 heteroatoms. The zero-order chi connectivity index (χ0) is 15.2. The molecule has 0 bridgehead atoms. The Kier molecular flexibility index (Phi) is 4.72. The van der Waals surface area contributed by atoms with Gasteiger partial charge in [0.25, 0.3) is 0 Å². The molecule has 1 fully saturated rings. The molecule has 0 saturated carbocycles. The van der Waals surface area contributed by atoms with Crippen LogP contribution in [0.4, 0.5) is 4.79 Å². The number of benzene rings is 1.